The molecule has 0 saturated heterocycles. The lowest BCUT2D eigenvalue weighted by Gasteiger charge is -2.28. The minimum Gasteiger partial charge on any atom is -0.493 e. The number of methoxy groups -OCH3 is 2. The van der Waals surface area contributed by atoms with Crippen LogP contribution in [-0.4, -0.2) is 39.3 Å². The van der Waals surface area contributed by atoms with E-state index in [1.54, 1.807) is 14.2 Å². The first-order valence-electron chi connectivity index (χ1n) is 11.3. The number of nitrogens with one attached hydrogen (secondary N) is 1. The lowest BCUT2D eigenvalue weighted by Crippen LogP contribution is -2.34. The van der Waals surface area contributed by atoms with Crippen molar-refractivity contribution in [2.45, 2.75) is 39.7 Å². The Labute approximate surface area is 194 Å². The lowest BCUT2D eigenvalue weighted by molar-refractivity contribution is -0.157. The van der Waals surface area contributed by atoms with Crippen LogP contribution in [0.5, 0.6) is 17.2 Å². The molecule has 176 valence electrons. The van der Waals surface area contributed by atoms with Gasteiger partial charge in [0.2, 0.25) is 5.75 Å². The van der Waals surface area contributed by atoms with Crippen molar-refractivity contribution in [3.05, 3.63) is 41.5 Å². The summed E-state index contributed by atoms with van der Waals surface area (Å²) in [6.07, 6.45) is 3.45. The van der Waals surface area contributed by atoms with Gasteiger partial charge in [-0.25, -0.2) is 0 Å². The lowest BCUT2D eigenvalue weighted by atomic mass is 9.86. The molecule has 0 unspecified atom stereocenters. The zero-order valence-corrected chi connectivity index (χ0v) is 19.7. The summed E-state index contributed by atoms with van der Waals surface area (Å²) in [6.45, 7) is 4.70. The van der Waals surface area contributed by atoms with Crippen LogP contribution in [0.1, 0.15) is 49.0 Å². The molecule has 0 aromatic heterocycles. The first kappa shape index (κ1) is 23.0. The van der Waals surface area contributed by atoms with E-state index in [-0.39, 0.29) is 18.5 Å². The van der Waals surface area contributed by atoms with Gasteiger partial charge in [0, 0.05) is 17.7 Å². The summed E-state index contributed by atoms with van der Waals surface area (Å²) < 4.78 is 22.9. The zero-order chi connectivity index (χ0) is 23.6. The number of ether oxygens (including phenoxy) is 4. The summed E-state index contributed by atoms with van der Waals surface area (Å²) in [5.41, 5.74) is 2.43. The Hall–Kier alpha value is -3.22. The van der Waals surface area contributed by atoms with Crippen molar-refractivity contribution < 1.29 is 28.5 Å². The Morgan fingerprint density at radius 1 is 1.06 bits per heavy atom. The average molecular weight is 454 g/mol. The first-order chi connectivity index (χ1) is 15.8. The number of amides is 1. The number of fused-ring (bicyclic) bond motifs is 1. The first-order valence-corrected chi connectivity index (χ1v) is 11.3. The number of carbonyl (C=O) groups is 2. The highest BCUT2D eigenvalue weighted by atomic mass is 16.5. The molecule has 1 fully saturated rings. The molecule has 7 nitrogen and oxygen atoms in total. The minimum absolute atomic E-state index is 0.0671. The standard InChI is InChI=1S/C26H31NO6/c1-26(2,25(29)32-14-16-6-5-7-16)15-33-22-19(10-11-21(30-3)23(22)31-4)17-8-9-20-18(12-17)13-27-24(20)28/h8-12,16H,5-7,13-15H2,1-4H3,(H,27,28). The van der Waals surface area contributed by atoms with Crippen molar-refractivity contribution in [1.29, 1.82) is 0 Å². The van der Waals surface area contributed by atoms with Crippen molar-refractivity contribution in [3.8, 4) is 28.4 Å². The van der Waals surface area contributed by atoms with Crippen molar-refractivity contribution >= 4 is 11.9 Å². The molecule has 1 saturated carbocycles. The Kier molecular flexibility index (Phi) is 6.49. The van der Waals surface area contributed by atoms with Gasteiger partial charge in [-0.1, -0.05) is 12.5 Å². The molecular weight excluding hydrogens is 422 g/mol. The Morgan fingerprint density at radius 3 is 2.48 bits per heavy atom. The van der Waals surface area contributed by atoms with Crippen molar-refractivity contribution in [3.63, 3.8) is 0 Å². The maximum atomic E-state index is 12.7. The highest BCUT2D eigenvalue weighted by molar-refractivity contribution is 5.99. The van der Waals surface area contributed by atoms with Gasteiger partial charge in [0.15, 0.2) is 11.5 Å². The minimum atomic E-state index is -0.844. The molecule has 1 N–H and O–H groups in total. The molecule has 1 heterocycles. The third kappa shape index (κ3) is 4.63. The van der Waals surface area contributed by atoms with Crippen LogP contribution in [-0.2, 0) is 16.1 Å². The average Bonchev–Trinajstić information content (AvgIpc) is 3.15. The Balaban J connectivity index is 1.60. The van der Waals surface area contributed by atoms with E-state index in [0.29, 0.717) is 41.9 Å². The van der Waals surface area contributed by atoms with Crippen LogP contribution >= 0.6 is 0 Å². The van der Waals surface area contributed by atoms with Crippen LogP contribution in [0.15, 0.2) is 30.3 Å². The van der Waals surface area contributed by atoms with Crippen LogP contribution in [0, 0.1) is 11.3 Å². The fourth-order valence-corrected chi connectivity index (χ4v) is 4.03. The summed E-state index contributed by atoms with van der Waals surface area (Å²) in [5, 5.41) is 2.84. The highest BCUT2D eigenvalue weighted by Gasteiger charge is 2.33. The van der Waals surface area contributed by atoms with E-state index in [1.807, 2.05) is 44.2 Å². The summed E-state index contributed by atoms with van der Waals surface area (Å²) in [4.78, 5) is 24.7. The molecule has 1 aliphatic carbocycles. The smallest absolute Gasteiger partial charge is 0.314 e. The van der Waals surface area contributed by atoms with Crippen LogP contribution in [0.4, 0.5) is 0 Å². The molecule has 1 aliphatic heterocycles. The van der Waals surface area contributed by atoms with Gasteiger partial charge < -0.3 is 24.3 Å². The molecule has 0 atom stereocenters. The Morgan fingerprint density at radius 2 is 1.82 bits per heavy atom. The van der Waals surface area contributed by atoms with E-state index in [9.17, 15) is 9.59 Å². The molecule has 4 rings (SSSR count). The van der Waals surface area contributed by atoms with Gasteiger partial charge in [-0.05, 0) is 68.0 Å². The molecule has 2 aliphatic rings. The number of esters is 1. The second kappa shape index (κ2) is 9.33. The number of rotatable bonds is 9. The largest absolute Gasteiger partial charge is 0.493 e. The third-order valence-electron chi connectivity index (χ3n) is 6.41. The van der Waals surface area contributed by atoms with Crippen molar-refractivity contribution in [1.82, 2.24) is 5.32 Å². The van der Waals surface area contributed by atoms with Crippen molar-refractivity contribution in [2.75, 3.05) is 27.4 Å². The Bertz CT molecular complexity index is 1060. The molecule has 2 aromatic rings. The number of carbonyl (C=O) groups excluding carboxylic acids is 2. The summed E-state index contributed by atoms with van der Waals surface area (Å²) in [6, 6.07) is 9.38. The SMILES string of the molecule is COc1ccc(-c2ccc3c(c2)CNC3=O)c(OCC(C)(C)C(=O)OCC2CCC2)c1OC. The molecule has 1 amide bonds. The van der Waals surface area contributed by atoms with Gasteiger partial charge in [0.1, 0.15) is 6.61 Å². The fraction of sp³-hybridized carbons (Fsp3) is 0.462. The molecule has 0 spiro atoms. The van der Waals surface area contributed by atoms with E-state index < -0.39 is 5.41 Å². The second-order valence-electron chi connectivity index (χ2n) is 9.30. The van der Waals surface area contributed by atoms with E-state index in [0.717, 1.165) is 29.5 Å². The summed E-state index contributed by atoms with van der Waals surface area (Å²) in [7, 11) is 3.12. The quantitative estimate of drug-likeness (QED) is 0.568. The maximum absolute atomic E-state index is 12.7. The fourth-order valence-electron chi connectivity index (χ4n) is 4.03. The van der Waals surface area contributed by atoms with E-state index >= 15 is 0 Å². The maximum Gasteiger partial charge on any atom is 0.314 e. The van der Waals surface area contributed by atoms with Crippen LogP contribution in [0.2, 0.25) is 0 Å². The molecule has 33 heavy (non-hydrogen) atoms. The number of hydrogen-bond acceptors (Lipinski definition) is 6. The van der Waals surface area contributed by atoms with E-state index in [1.165, 1.54) is 6.42 Å². The summed E-state index contributed by atoms with van der Waals surface area (Å²) in [5.74, 6) is 1.59. The molecule has 7 heteroatoms. The molecular formula is C26H31NO6. The van der Waals surface area contributed by atoms with Gasteiger partial charge in [-0.15, -0.1) is 0 Å². The van der Waals surface area contributed by atoms with Gasteiger partial charge in [-0.3, -0.25) is 9.59 Å². The van der Waals surface area contributed by atoms with Gasteiger partial charge in [-0.2, -0.15) is 0 Å². The van der Waals surface area contributed by atoms with E-state index in [2.05, 4.69) is 5.32 Å². The third-order valence-corrected chi connectivity index (χ3v) is 6.41. The van der Waals surface area contributed by atoms with Gasteiger partial charge >= 0.3 is 5.97 Å². The predicted molar refractivity (Wildman–Crippen MR) is 124 cm³/mol. The summed E-state index contributed by atoms with van der Waals surface area (Å²) >= 11 is 0. The van der Waals surface area contributed by atoms with Crippen molar-refractivity contribution in [2.24, 2.45) is 11.3 Å². The zero-order valence-electron chi connectivity index (χ0n) is 19.7. The van der Waals surface area contributed by atoms with Crippen LogP contribution in [0.25, 0.3) is 11.1 Å². The molecule has 2 aromatic carbocycles. The topological polar surface area (TPSA) is 83.1 Å². The van der Waals surface area contributed by atoms with Gasteiger partial charge in [0.05, 0.1) is 26.2 Å². The normalized spacial score (nSPS) is 15.3. The monoisotopic (exact) mass is 453 g/mol. The number of benzene rings is 2. The van der Waals surface area contributed by atoms with Crippen LogP contribution < -0.4 is 19.5 Å². The highest BCUT2D eigenvalue weighted by Crippen LogP contribution is 2.45. The van der Waals surface area contributed by atoms with Gasteiger partial charge in [0.25, 0.3) is 5.91 Å². The van der Waals surface area contributed by atoms with Crippen LogP contribution in [0.3, 0.4) is 0 Å². The van der Waals surface area contributed by atoms with E-state index in [4.69, 9.17) is 18.9 Å². The molecule has 0 radical (unpaired) electrons. The molecule has 0 bridgehead atoms. The second-order valence-corrected chi connectivity index (χ2v) is 9.30. The number of hydrogen-bond donors (Lipinski definition) is 1. The predicted octanol–water partition coefficient (Wildman–Crippen LogP) is 4.36.